The monoisotopic (exact) mass is 375 g/mol. The molecule has 3 atom stereocenters. The van der Waals surface area contributed by atoms with Crippen LogP contribution in [0.4, 0.5) is 5.69 Å². The van der Waals surface area contributed by atoms with Crippen LogP contribution in [0.5, 0.6) is 11.5 Å². The molecule has 1 aliphatic carbocycles. The molecule has 0 spiro atoms. The summed E-state index contributed by atoms with van der Waals surface area (Å²) in [5, 5.41) is 5.00. The Labute approximate surface area is 157 Å². The van der Waals surface area contributed by atoms with Crippen molar-refractivity contribution in [3.63, 3.8) is 0 Å². The van der Waals surface area contributed by atoms with Gasteiger partial charge in [-0.15, -0.1) is 0 Å². The molecule has 0 aromatic heterocycles. The number of nitrogens with one attached hydrogen (secondary N) is 1. The van der Waals surface area contributed by atoms with E-state index in [4.69, 9.17) is 32.7 Å². The quantitative estimate of drug-likeness (QED) is 0.683. The van der Waals surface area contributed by atoms with Gasteiger partial charge in [-0.1, -0.05) is 47.5 Å². The molecule has 2 aromatic rings. The van der Waals surface area contributed by atoms with E-state index in [2.05, 4.69) is 23.5 Å². The van der Waals surface area contributed by atoms with Crippen LogP contribution in [0.1, 0.15) is 29.5 Å². The lowest BCUT2D eigenvalue weighted by molar-refractivity contribution is 0.341. The Hall–Kier alpha value is -1.84. The first-order valence-corrected chi connectivity index (χ1v) is 9.02. The van der Waals surface area contributed by atoms with E-state index in [1.807, 2.05) is 24.3 Å². The lowest BCUT2D eigenvalue weighted by Gasteiger charge is -2.38. The third kappa shape index (κ3) is 2.66. The van der Waals surface area contributed by atoms with Crippen molar-refractivity contribution in [2.75, 3.05) is 19.5 Å². The molecule has 1 N–H and O–H groups in total. The summed E-state index contributed by atoms with van der Waals surface area (Å²) >= 11 is 12.7. The van der Waals surface area contributed by atoms with Gasteiger partial charge < -0.3 is 14.8 Å². The Morgan fingerprint density at radius 1 is 1.12 bits per heavy atom. The van der Waals surface area contributed by atoms with Gasteiger partial charge in [-0.3, -0.25) is 0 Å². The molecule has 130 valence electrons. The minimum Gasteiger partial charge on any atom is -0.493 e. The molecule has 1 aliphatic heterocycles. The topological polar surface area (TPSA) is 30.5 Å². The fourth-order valence-electron chi connectivity index (χ4n) is 4.11. The van der Waals surface area contributed by atoms with Crippen LogP contribution < -0.4 is 14.8 Å². The van der Waals surface area contributed by atoms with Crippen LogP contribution >= 0.6 is 23.2 Å². The van der Waals surface area contributed by atoms with Gasteiger partial charge in [-0.05, 0) is 30.5 Å². The maximum Gasteiger partial charge on any atom is 0.165 e. The predicted molar refractivity (Wildman–Crippen MR) is 102 cm³/mol. The fourth-order valence-corrected chi connectivity index (χ4v) is 4.73. The first kappa shape index (κ1) is 16.6. The smallest absolute Gasteiger partial charge is 0.165 e. The number of allylic oxidation sites excluding steroid dienone is 2. The molecule has 0 amide bonds. The molecule has 2 aliphatic rings. The zero-order valence-electron chi connectivity index (χ0n) is 14.1. The summed E-state index contributed by atoms with van der Waals surface area (Å²) in [5.74, 6) is 2.14. The number of benzene rings is 2. The molecule has 0 unspecified atom stereocenters. The summed E-state index contributed by atoms with van der Waals surface area (Å²) in [6.07, 6.45) is 5.47. The zero-order valence-corrected chi connectivity index (χ0v) is 15.6. The maximum atomic E-state index is 6.51. The van der Waals surface area contributed by atoms with Gasteiger partial charge >= 0.3 is 0 Å². The van der Waals surface area contributed by atoms with Gasteiger partial charge in [0.2, 0.25) is 0 Å². The molecule has 0 radical (unpaired) electrons. The predicted octanol–water partition coefficient (Wildman–Crippen LogP) is 5.84. The lowest BCUT2D eigenvalue weighted by atomic mass is 9.76. The van der Waals surface area contributed by atoms with Crippen molar-refractivity contribution in [2.45, 2.75) is 18.4 Å². The van der Waals surface area contributed by atoms with Crippen LogP contribution in [-0.4, -0.2) is 14.2 Å². The highest BCUT2D eigenvalue weighted by Gasteiger charge is 2.40. The summed E-state index contributed by atoms with van der Waals surface area (Å²) in [6, 6.07) is 9.86. The highest BCUT2D eigenvalue weighted by Crippen LogP contribution is 2.54. The number of para-hydroxylation sites is 1. The Bertz CT molecular complexity index is 850. The number of rotatable bonds is 3. The Morgan fingerprint density at radius 3 is 2.72 bits per heavy atom. The highest BCUT2D eigenvalue weighted by atomic mass is 35.5. The zero-order chi connectivity index (χ0) is 17.6. The van der Waals surface area contributed by atoms with Gasteiger partial charge in [0.25, 0.3) is 0 Å². The van der Waals surface area contributed by atoms with E-state index >= 15 is 0 Å². The molecule has 3 nitrogen and oxygen atoms in total. The van der Waals surface area contributed by atoms with Crippen LogP contribution in [0.25, 0.3) is 0 Å². The first-order chi connectivity index (χ1) is 12.1. The molecule has 25 heavy (non-hydrogen) atoms. The van der Waals surface area contributed by atoms with Crippen LogP contribution in [0.15, 0.2) is 42.5 Å². The third-order valence-corrected chi connectivity index (χ3v) is 5.68. The van der Waals surface area contributed by atoms with Crippen molar-refractivity contribution in [1.82, 2.24) is 0 Å². The minimum absolute atomic E-state index is 0.0899. The van der Waals surface area contributed by atoms with Gasteiger partial charge in [0, 0.05) is 32.8 Å². The standard InChI is InChI=1S/C20H19Cl2NO2/c1-24-17-8-4-7-14(20(17)25-2)19-13-6-3-5-12(13)18-15(22)9-11(21)10-16(18)23-19/h3-5,7-10,12-13,19,23H,6H2,1-2H3/t12-,13-,19-/m1/s1. The van der Waals surface area contributed by atoms with E-state index in [0.717, 1.165) is 34.7 Å². The van der Waals surface area contributed by atoms with Crippen molar-refractivity contribution in [3.8, 4) is 11.5 Å². The molecule has 4 rings (SSSR count). The lowest BCUT2D eigenvalue weighted by Crippen LogP contribution is -2.29. The average molecular weight is 376 g/mol. The van der Waals surface area contributed by atoms with Gasteiger partial charge in [0.05, 0.1) is 20.3 Å². The maximum absolute atomic E-state index is 6.51. The second-order valence-corrected chi connectivity index (χ2v) is 7.25. The second kappa shape index (κ2) is 6.47. The van der Waals surface area contributed by atoms with Crippen molar-refractivity contribution < 1.29 is 9.47 Å². The number of hydrogen-bond acceptors (Lipinski definition) is 3. The van der Waals surface area contributed by atoms with E-state index in [-0.39, 0.29) is 12.0 Å². The molecule has 0 fully saturated rings. The van der Waals surface area contributed by atoms with Crippen molar-refractivity contribution in [1.29, 1.82) is 0 Å². The van der Waals surface area contributed by atoms with Crippen LogP contribution in [0.2, 0.25) is 10.0 Å². The van der Waals surface area contributed by atoms with Gasteiger partial charge in [-0.25, -0.2) is 0 Å². The fraction of sp³-hybridized carbons (Fsp3) is 0.300. The van der Waals surface area contributed by atoms with E-state index in [1.54, 1.807) is 14.2 Å². The van der Waals surface area contributed by atoms with Gasteiger partial charge in [0.1, 0.15) is 0 Å². The summed E-state index contributed by atoms with van der Waals surface area (Å²) in [5.41, 5.74) is 3.20. The summed E-state index contributed by atoms with van der Waals surface area (Å²) in [7, 11) is 3.33. The second-order valence-electron chi connectivity index (χ2n) is 6.41. The van der Waals surface area contributed by atoms with Crippen LogP contribution in [-0.2, 0) is 0 Å². The Morgan fingerprint density at radius 2 is 1.96 bits per heavy atom. The number of halogens is 2. The number of ether oxygens (including phenoxy) is 2. The molecule has 1 heterocycles. The minimum atomic E-state index is 0.0899. The Kier molecular flexibility index (Phi) is 4.30. The van der Waals surface area contributed by atoms with E-state index in [1.165, 1.54) is 0 Å². The number of hydrogen-bond donors (Lipinski definition) is 1. The molecular formula is C20H19Cl2NO2. The molecule has 0 saturated carbocycles. The summed E-state index contributed by atoms with van der Waals surface area (Å²) in [6.45, 7) is 0. The first-order valence-electron chi connectivity index (χ1n) is 8.27. The van der Waals surface area contributed by atoms with Gasteiger partial charge in [0.15, 0.2) is 11.5 Å². The summed E-state index contributed by atoms with van der Waals surface area (Å²) < 4.78 is 11.1. The van der Waals surface area contributed by atoms with Gasteiger partial charge in [-0.2, -0.15) is 0 Å². The van der Waals surface area contributed by atoms with E-state index in [0.29, 0.717) is 16.0 Å². The molecular weight excluding hydrogens is 357 g/mol. The van der Waals surface area contributed by atoms with Crippen LogP contribution in [0, 0.1) is 5.92 Å². The molecule has 0 saturated heterocycles. The highest BCUT2D eigenvalue weighted by molar-refractivity contribution is 6.35. The Balaban J connectivity index is 1.85. The third-order valence-electron chi connectivity index (χ3n) is 5.15. The SMILES string of the molecule is COc1cccc([C@@H]2Nc3cc(Cl)cc(Cl)c3[C@@H]3C=CC[C@H]32)c1OC. The number of methoxy groups -OCH3 is 2. The number of fused-ring (bicyclic) bond motifs is 3. The normalized spacial score (nSPS) is 23.6. The van der Waals surface area contributed by atoms with E-state index < -0.39 is 0 Å². The van der Waals surface area contributed by atoms with Crippen molar-refractivity contribution in [3.05, 3.63) is 63.7 Å². The molecule has 2 aromatic carbocycles. The average Bonchev–Trinajstić information content (AvgIpc) is 3.09. The molecule has 5 heteroatoms. The summed E-state index contributed by atoms with van der Waals surface area (Å²) in [4.78, 5) is 0. The number of anilines is 1. The molecule has 0 bridgehead atoms. The van der Waals surface area contributed by atoms with Crippen molar-refractivity contribution >= 4 is 28.9 Å². The van der Waals surface area contributed by atoms with E-state index in [9.17, 15) is 0 Å². The van der Waals surface area contributed by atoms with Crippen molar-refractivity contribution in [2.24, 2.45) is 5.92 Å². The largest absolute Gasteiger partial charge is 0.493 e. The van der Waals surface area contributed by atoms with Crippen LogP contribution in [0.3, 0.4) is 0 Å².